The molecule has 0 fully saturated rings. The van der Waals surface area contributed by atoms with E-state index in [1.54, 1.807) is 37.3 Å². The Kier molecular flexibility index (Phi) is 4.72. The fourth-order valence-corrected chi connectivity index (χ4v) is 2.66. The van der Waals surface area contributed by atoms with Crippen molar-refractivity contribution in [1.82, 2.24) is 4.98 Å². The molecule has 5 nitrogen and oxygen atoms in total. The third kappa shape index (κ3) is 3.80. The van der Waals surface area contributed by atoms with Crippen molar-refractivity contribution in [3.8, 4) is 5.75 Å². The second kappa shape index (κ2) is 6.94. The van der Waals surface area contributed by atoms with Gasteiger partial charge < -0.3 is 15.4 Å². The van der Waals surface area contributed by atoms with Crippen molar-refractivity contribution < 1.29 is 13.9 Å². The maximum atomic E-state index is 13.4. The van der Waals surface area contributed by atoms with E-state index in [9.17, 15) is 9.18 Å². The fraction of sp³-hybridized carbons (Fsp3) is 0.111. The predicted octanol–water partition coefficient (Wildman–Crippen LogP) is 4.99. The first-order valence-corrected chi connectivity index (χ1v) is 7.82. The van der Waals surface area contributed by atoms with Gasteiger partial charge >= 0.3 is 6.03 Å². The number of carbonyl (C=O) groups is 1. The quantitative estimate of drug-likeness (QED) is 0.692. The Morgan fingerprint density at radius 2 is 1.88 bits per heavy atom. The number of hydrogen-bond donors (Lipinski definition) is 2. The van der Waals surface area contributed by atoms with Crippen molar-refractivity contribution in [2.45, 2.75) is 6.92 Å². The number of hydrogen-bond acceptors (Lipinski definition) is 3. The van der Waals surface area contributed by atoms with Crippen molar-refractivity contribution in [3.63, 3.8) is 0 Å². The Hall–Kier alpha value is -2.86. The summed E-state index contributed by atoms with van der Waals surface area (Å²) >= 11 is 5.96. The van der Waals surface area contributed by atoms with Crippen LogP contribution >= 0.6 is 11.6 Å². The van der Waals surface area contributed by atoms with Gasteiger partial charge in [0.25, 0.3) is 0 Å². The summed E-state index contributed by atoms with van der Waals surface area (Å²) < 4.78 is 18.6. The molecule has 3 rings (SSSR count). The average molecular weight is 360 g/mol. The van der Waals surface area contributed by atoms with E-state index >= 15 is 0 Å². The molecule has 25 heavy (non-hydrogen) atoms. The van der Waals surface area contributed by atoms with Gasteiger partial charge in [-0.15, -0.1) is 0 Å². The van der Waals surface area contributed by atoms with Gasteiger partial charge in [0, 0.05) is 22.2 Å². The highest BCUT2D eigenvalue weighted by molar-refractivity contribution is 6.31. The van der Waals surface area contributed by atoms with Crippen LogP contribution in [0.5, 0.6) is 5.75 Å². The fourth-order valence-electron chi connectivity index (χ4n) is 2.49. The Labute approximate surface area is 148 Å². The maximum Gasteiger partial charge on any atom is 0.323 e. The molecule has 0 aliphatic carbocycles. The van der Waals surface area contributed by atoms with Gasteiger partial charge in [-0.1, -0.05) is 11.6 Å². The number of nitrogens with one attached hydrogen (secondary N) is 2. The van der Waals surface area contributed by atoms with Crippen molar-refractivity contribution in [2.24, 2.45) is 0 Å². The van der Waals surface area contributed by atoms with E-state index in [4.69, 9.17) is 16.3 Å². The number of benzene rings is 2. The number of aromatic nitrogens is 1. The number of ether oxygens (including phenoxy) is 1. The first-order chi connectivity index (χ1) is 12.0. The molecular weight excluding hydrogens is 345 g/mol. The number of pyridine rings is 1. The molecule has 128 valence electrons. The zero-order valence-corrected chi connectivity index (χ0v) is 14.3. The lowest BCUT2D eigenvalue weighted by molar-refractivity contribution is 0.262. The number of carbonyl (C=O) groups excluding carboxylic acids is 1. The van der Waals surface area contributed by atoms with Gasteiger partial charge in [-0.25, -0.2) is 9.18 Å². The minimum absolute atomic E-state index is 0.385. The number of fused-ring (bicyclic) bond motifs is 1. The summed E-state index contributed by atoms with van der Waals surface area (Å²) in [4.78, 5) is 16.6. The smallest absolute Gasteiger partial charge is 0.323 e. The van der Waals surface area contributed by atoms with Crippen LogP contribution < -0.4 is 15.4 Å². The molecule has 2 N–H and O–H groups in total. The van der Waals surface area contributed by atoms with Gasteiger partial charge in [0.15, 0.2) is 0 Å². The number of anilines is 2. The number of methoxy groups -OCH3 is 1. The molecule has 0 saturated carbocycles. The van der Waals surface area contributed by atoms with Crippen molar-refractivity contribution >= 4 is 39.9 Å². The molecule has 0 spiro atoms. The van der Waals surface area contributed by atoms with E-state index in [1.807, 2.05) is 0 Å². The topological polar surface area (TPSA) is 63.2 Å². The minimum Gasteiger partial charge on any atom is -0.495 e. The van der Waals surface area contributed by atoms with Crippen LogP contribution in [0.25, 0.3) is 10.9 Å². The van der Waals surface area contributed by atoms with Gasteiger partial charge in [0.1, 0.15) is 11.6 Å². The zero-order valence-electron chi connectivity index (χ0n) is 13.6. The van der Waals surface area contributed by atoms with Crippen LogP contribution in [-0.4, -0.2) is 18.1 Å². The van der Waals surface area contributed by atoms with E-state index in [-0.39, 0.29) is 5.82 Å². The lowest BCUT2D eigenvalue weighted by Crippen LogP contribution is -2.20. The van der Waals surface area contributed by atoms with Crippen LogP contribution in [0.2, 0.25) is 5.02 Å². The molecule has 0 atom stereocenters. The number of aryl methyl sites for hydroxylation is 1. The molecule has 0 aliphatic rings. The predicted molar refractivity (Wildman–Crippen MR) is 97.1 cm³/mol. The summed E-state index contributed by atoms with van der Waals surface area (Å²) in [6.45, 7) is 1.77. The standard InChI is InChI=1S/C18H15ClFN3O2/c1-10-7-14(13-5-4-12(20)9-15(13)21-10)22-18(24)23-16-8-11(19)3-6-17(16)25-2/h3-9H,1-2H3,(H2,21,22,23,24). The number of amides is 2. The first-order valence-electron chi connectivity index (χ1n) is 7.45. The largest absolute Gasteiger partial charge is 0.495 e. The number of urea groups is 1. The molecule has 2 aromatic carbocycles. The van der Waals surface area contributed by atoms with Crippen molar-refractivity contribution in [3.05, 3.63) is 59.0 Å². The van der Waals surface area contributed by atoms with E-state index in [2.05, 4.69) is 15.6 Å². The average Bonchev–Trinajstić information content (AvgIpc) is 2.54. The van der Waals surface area contributed by atoms with Gasteiger partial charge in [0.2, 0.25) is 0 Å². The van der Waals surface area contributed by atoms with Crippen molar-refractivity contribution in [1.29, 1.82) is 0 Å². The lowest BCUT2D eigenvalue weighted by Gasteiger charge is -2.13. The van der Waals surface area contributed by atoms with E-state index in [0.717, 1.165) is 0 Å². The Bertz CT molecular complexity index is 957. The molecule has 0 aliphatic heterocycles. The maximum absolute atomic E-state index is 13.4. The summed E-state index contributed by atoms with van der Waals surface area (Å²) in [5, 5.41) is 6.55. The highest BCUT2D eigenvalue weighted by Crippen LogP contribution is 2.28. The summed E-state index contributed by atoms with van der Waals surface area (Å²) in [7, 11) is 1.50. The molecule has 0 unspecified atom stereocenters. The summed E-state index contributed by atoms with van der Waals surface area (Å²) in [6.07, 6.45) is 0. The van der Waals surface area contributed by atoms with Crippen LogP contribution in [0.3, 0.4) is 0 Å². The van der Waals surface area contributed by atoms with Gasteiger partial charge in [-0.05, 0) is 43.3 Å². The zero-order chi connectivity index (χ0) is 18.0. The molecule has 2 amide bonds. The van der Waals surface area contributed by atoms with Gasteiger partial charge in [-0.2, -0.15) is 0 Å². The molecule has 0 radical (unpaired) electrons. The van der Waals surface area contributed by atoms with E-state index in [1.165, 1.54) is 19.2 Å². The number of nitrogens with zero attached hydrogens (tertiary/aromatic N) is 1. The number of halogens is 2. The van der Waals surface area contributed by atoms with Crippen LogP contribution in [0, 0.1) is 12.7 Å². The third-order valence-corrected chi connectivity index (χ3v) is 3.79. The van der Waals surface area contributed by atoms with Gasteiger partial charge in [0.05, 0.1) is 24.0 Å². The normalized spacial score (nSPS) is 10.6. The molecule has 1 aromatic heterocycles. The molecule has 0 bridgehead atoms. The third-order valence-electron chi connectivity index (χ3n) is 3.56. The monoisotopic (exact) mass is 359 g/mol. The summed E-state index contributed by atoms with van der Waals surface area (Å²) in [5.41, 5.74) is 2.10. The Balaban J connectivity index is 1.89. The second-order valence-electron chi connectivity index (χ2n) is 5.40. The molecule has 1 heterocycles. The SMILES string of the molecule is COc1ccc(Cl)cc1NC(=O)Nc1cc(C)nc2cc(F)ccc12. The van der Waals surface area contributed by atoms with Crippen LogP contribution in [0.15, 0.2) is 42.5 Å². The minimum atomic E-state index is -0.475. The molecule has 0 saturated heterocycles. The van der Waals surface area contributed by atoms with E-state index in [0.29, 0.717) is 38.7 Å². The van der Waals surface area contributed by atoms with E-state index < -0.39 is 6.03 Å². The van der Waals surface area contributed by atoms with Gasteiger partial charge in [-0.3, -0.25) is 4.98 Å². The summed E-state index contributed by atoms with van der Waals surface area (Å²) in [5.74, 6) is 0.0991. The molecule has 7 heteroatoms. The molecular formula is C18H15ClFN3O2. The lowest BCUT2D eigenvalue weighted by atomic mass is 10.1. The van der Waals surface area contributed by atoms with Crippen molar-refractivity contribution in [2.75, 3.05) is 17.7 Å². The number of rotatable bonds is 3. The first kappa shape index (κ1) is 17.0. The van der Waals surface area contributed by atoms with Crippen LogP contribution in [-0.2, 0) is 0 Å². The van der Waals surface area contributed by atoms with Crippen LogP contribution in [0.4, 0.5) is 20.6 Å². The second-order valence-corrected chi connectivity index (χ2v) is 5.83. The highest BCUT2D eigenvalue weighted by Gasteiger charge is 2.11. The Morgan fingerprint density at radius 3 is 2.64 bits per heavy atom. The van der Waals surface area contributed by atoms with Crippen LogP contribution in [0.1, 0.15) is 5.69 Å². The Morgan fingerprint density at radius 1 is 1.12 bits per heavy atom. The molecule has 3 aromatic rings. The highest BCUT2D eigenvalue weighted by atomic mass is 35.5. The summed E-state index contributed by atoms with van der Waals surface area (Å²) in [6, 6.07) is 10.4.